The fourth-order valence-electron chi connectivity index (χ4n) is 3.77. The molecule has 2 heterocycles. The lowest BCUT2D eigenvalue weighted by Crippen LogP contribution is -2.29. The van der Waals surface area contributed by atoms with Crippen LogP contribution in [0.5, 0.6) is 5.75 Å². The molecular formula is C26H21FN2O4. The monoisotopic (exact) mass is 444 g/mol. The average Bonchev–Trinajstić information content (AvgIpc) is 3.08. The summed E-state index contributed by atoms with van der Waals surface area (Å²) in [6.45, 7) is 3.99. The van der Waals surface area contributed by atoms with Crippen LogP contribution in [0.1, 0.15) is 22.7 Å². The van der Waals surface area contributed by atoms with Gasteiger partial charge in [-0.3, -0.25) is 14.6 Å². The number of ether oxygens (including phenoxy) is 1. The second-order valence-corrected chi connectivity index (χ2v) is 7.47. The number of aromatic nitrogens is 1. The smallest absolute Gasteiger partial charge is 0.295 e. The number of nitrogens with zero attached hydrogens (tertiary/aromatic N) is 2. The van der Waals surface area contributed by atoms with Crippen molar-refractivity contribution in [2.45, 2.75) is 12.6 Å². The molecule has 7 heteroatoms. The minimum atomic E-state index is -0.961. The molecule has 1 amide bonds. The van der Waals surface area contributed by atoms with Crippen LogP contribution >= 0.6 is 0 Å². The number of pyridine rings is 1. The number of hydrogen-bond donors (Lipinski definition) is 1. The Morgan fingerprint density at radius 1 is 1.15 bits per heavy atom. The summed E-state index contributed by atoms with van der Waals surface area (Å²) in [5, 5.41) is 11.1. The number of carbonyl (C=O) groups is 2. The molecule has 1 aliphatic rings. The molecule has 166 valence electrons. The molecule has 33 heavy (non-hydrogen) atoms. The number of aliphatic hydroxyl groups is 1. The third-order valence-corrected chi connectivity index (χ3v) is 5.28. The maximum absolute atomic E-state index is 14.1. The number of carbonyl (C=O) groups excluding carboxylic acids is 2. The fourth-order valence-corrected chi connectivity index (χ4v) is 3.77. The molecule has 2 aromatic carbocycles. The van der Waals surface area contributed by atoms with Crippen LogP contribution < -0.4 is 4.74 Å². The topological polar surface area (TPSA) is 79.7 Å². The molecule has 1 fully saturated rings. The molecule has 6 nitrogen and oxygen atoms in total. The van der Waals surface area contributed by atoms with E-state index in [2.05, 4.69) is 11.6 Å². The molecule has 0 spiro atoms. The lowest BCUT2D eigenvalue weighted by Gasteiger charge is -2.25. The molecule has 1 unspecified atom stereocenters. The molecule has 0 aliphatic carbocycles. The fraction of sp³-hybridized carbons (Fsp3) is 0.115. The molecule has 3 aromatic rings. The number of hydrogen-bond acceptors (Lipinski definition) is 5. The van der Waals surface area contributed by atoms with Gasteiger partial charge in [-0.1, -0.05) is 30.9 Å². The van der Waals surface area contributed by atoms with E-state index in [1.807, 2.05) is 0 Å². The number of rotatable bonds is 7. The largest absolute Gasteiger partial charge is 0.507 e. The van der Waals surface area contributed by atoms with Crippen LogP contribution in [-0.4, -0.2) is 33.3 Å². The van der Waals surface area contributed by atoms with Gasteiger partial charge in [-0.25, -0.2) is 4.39 Å². The molecule has 0 radical (unpaired) electrons. The van der Waals surface area contributed by atoms with E-state index in [-0.39, 0.29) is 17.9 Å². The Balaban J connectivity index is 1.79. The van der Waals surface area contributed by atoms with Crippen LogP contribution in [0.4, 0.5) is 4.39 Å². The summed E-state index contributed by atoms with van der Waals surface area (Å²) in [5.74, 6) is -1.90. The van der Waals surface area contributed by atoms with Gasteiger partial charge in [0, 0.05) is 24.5 Å². The number of benzene rings is 2. The van der Waals surface area contributed by atoms with E-state index >= 15 is 0 Å². The molecule has 1 aromatic heterocycles. The minimum absolute atomic E-state index is 0.0741. The van der Waals surface area contributed by atoms with E-state index in [1.165, 1.54) is 23.1 Å². The third-order valence-electron chi connectivity index (χ3n) is 5.28. The molecule has 0 bridgehead atoms. The molecule has 4 rings (SSSR count). The highest BCUT2D eigenvalue weighted by Gasteiger charge is 2.46. The van der Waals surface area contributed by atoms with Crippen LogP contribution in [0, 0.1) is 5.82 Å². The summed E-state index contributed by atoms with van der Waals surface area (Å²) in [4.78, 5) is 31.4. The SMILES string of the molecule is C=CCOc1ccc(C(O)=C2C(=O)C(=O)N(Cc3cccnc3)C2c2cccc(F)c2)cc1. The van der Waals surface area contributed by atoms with Crippen LogP contribution in [0.3, 0.4) is 0 Å². The van der Waals surface area contributed by atoms with Crippen molar-refractivity contribution in [2.24, 2.45) is 0 Å². The van der Waals surface area contributed by atoms with E-state index < -0.39 is 23.5 Å². The average molecular weight is 444 g/mol. The first-order valence-corrected chi connectivity index (χ1v) is 10.3. The van der Waals surface area contributed by atoms with Gasteiger partial charge in [-0.05, 0) is 53.6 Å². The number of Topliss-reactive ketones (excluding diaryl/α,β-unsaturated/α-hetero) is 1. The Bertz CT molecular complexity index is 1220. The zero-order valence-electron chi connectivity index (χ0n) is 17.6. The van der Waals surface area contributed by atoms with Crippen LogP contribution in [0.15, 0.2) is 91.3 Å². The van der Waals surface area contributed by atoms with Gasteiger partial charge in [0.15, 0.2) is 0 Å². The second-order valence-electron chi connectivity index (χ2n) is 7.47. The molecule has 1 N–H and O–H groups in total. The molecule has 0 saturated carbocycles. The molecule has 1 saturated heterocycles. The van der Waals surface area contributed by atoms with Crippen molar-refractivity contribution >= 4 is 17.4 Å². The van der Waals surface area contributed by atoms with Crippen molar-refractivity contribution < 1.29 is 23.8 Å². The highest BCUT2D eigenvalue weighted by atomic mass is 19.1. The highest BCUT2D eigenvalue weighted by molar-refractivity contribution is 6.46. The molecular weight excluding hydrogens is 423 g/mol. The van der Waals surface area contributed by atoms with E-state index in [0.717, 1.165) is 0 Å². The molecule has 1 atom stereocenters. The normalized spacial score (nSPS) is 17.2. The van der Waals surface area contributed by atoms with Crippen molar-refractivity contribution in [3.8, 4) is 5.75 Å². The third kappa shape index (κ3) is 4.52. The van der Waals surface area contributed by atoms with Crippen LogP contribution in [0.25, 0.3) is 5.76 Å². The maximum Gasteiger partial charge on any atom is 0.295 e. The summed E-state index contributed by atoms with van der Waals surface area (Å²) in [6, 6.07) is 14.6. The number of amides is 1. The van der Waals surface area contributed by atoms with Gasteiger partial charge in [0.2, 0.25) is 0 Å². The van der Waals surface area contributed by atoms with Crippen molar-refractivity contribution in [2.75, 3.05) is 6.61 Å². The minimum Gasteiger partial charge on any atom is -0.507 e. The predicted molar refractivity (Wildman–Crippen MR) is 121 cm³/mol. The summed E-state index contributed by atoms with van der Waals surface area (Å²) in [6.07, 6.45) is 4.80. The zero-order valence-corrected chi connectivity index (χ0v) is 17.6. The first kappa shape index (κ1) is 22.0. The maximum atomic E-state index is 14.1. The zero-order chi connectivity index (χ0) is 23.4. The first-order valence-electron chi connectivity index (χ1n) is 10.3. The lowest BCUT2D eigenvalue weighted by atomic mass is 9.95. The number of likely N-dealkylation sites (tertiary alicyclic amines) is 1. The van der Waals surface area contributed by atoms with Gasteiger partial charge >= 0.3 is 0 Å². The van der Waals surface area contributed by atoms with Crippen LogP contribution in [0.2, 0.25) is 0 Å². The molecule has 1 aliphatic heterocycles. The Morgan fingerprint density at radius 3 is 2.61 bits per heavy atom. The summed E-state index contributed by atoms with van der Waals surface area (Å²) in [7, 11) is 0. The van der Waals surface area contributed by atoms with Gasteiger partial charge in [0.05, 0.1) is 11.6 Å². The highest BCUT2D eigenvalue weighted by Crippen LogP contribution is 2.40. The van der Waals surface area contributed by atoms with Gasteiger partial charge in [0.25, 0.3) is 11.7 Å². The Kier molecular flexibility index (Phi) is 6.31. The Morgan fingerprint density at radius 2 is 1.94 bits per heavy atom. The van der Waals surface area contributed by atoms with E-state index in [9.17, 15) is 19.1 Å². The van der Waals surface area contributed by atoms with Gasteiger partial charge in [-0.2, -0.15) is 0 Å². The van der Waals surface area contributed by atoms with Gasteiger partial charge < -0.3 is 14.7 Å². The van der Waals surface area contributed by atoms with Crippen molar-refractivity contribution in [1.29, 1.82) is 0 Å². The van der Waals surface area contributed by atoms with Crippen molar-refractivity contribution in [1.82, 2.24) is 9.88 Å². The first-order chi connectivity index (χ1) is 16.0. The second kappa shape index (κ2) is 9.48. The number of ketones is 1. The number of aliphatic hydroxyl groups excluding tert-OH is 1. The van der Waals surface area contributed by atoms with Crippen molar-refractivity contribution in [3.63, 3.8) is 0 Å². The summed E-state index contributed by atoms with van der Waals surface area (Å²) < 4.78 is 19.5. The van der Waals surface area contributed by atoms with Crippen molar-refractivity contribution in [3.05, 3.63) is 114 Å². The van der Waals surface area contributed by atoms with E-state index in [4.69, 9.17) is 4.74 Å². The summed E-state index contributed by atoms with van der Waals surface area (Å²) in [5.41, 5.74) is 1.31. The predicted octanol–water partition coefficient (Wildman–Crippen LogP) is 4.41. The summed E-state index contributed by atoms with van der Waals surface area (Å²) >= 11 is 0. The van der Waals surface area contributed by atoms with Gasteiger partial charge in [0.1, 0.15) is 23.9 Å². The Labute approximate surface area is 190 Å². The van der Waals surface area contributed by atoms with Crippen LogP contribution in [-0.2, 0) is 16.1 Å². The number of halogens is 1. The standard InChI is InChI=1S/C26H21FN2O4/c1-2-13-33-21-10-8-18(9-11-21)24(30)22-23(19-6-3-7-20(27)14-19)29(26(32)25(22)31)16-17-5-4-12-28-15-17/h2-12,14-15,23,30H,1,13,16H2. The lowest BCUT2D eigenvalue weighted by molar-refractivity contribution is -0.140. The quantitative estimate of drug-likeness (QED) is 0.253. The van der Waals surface area contributed by atoms with Gasteiger partial charge in [-0.15, -0.1) is 0 Å². The Hall–Kier alpha value is -4.26. The van der Waals surface area contributed by atoms with E-state index in [1.54, 1.807) is 60.9 Å². The van der Waals surface area contributed by atoms with E-state index in [0.29, 0.717) is 29.0 Å².